The first-order chi connectivity index (χ1) is 9.34. The van der Waals surface area contributed by atoms with E-state index in [-0.39, 0.29) is 11.2 Å². The Morgan fingerprint density at radius 2 is 2.16 bits per heavy atom. The van der Waals surface area contributed by atoms with Gasteiger partial charge in [0.2, 0.25) is 0 Å². The van der Waals surface area contributed by atoms with Crippen LogP contribution < -0.4 is 0 Å². The highest BCUT2D eigenvalue weighted by Crippen LogP contribution is 2.55. The summed E-state index contributed by atoms with van der Waals surface area (Å²) in [6.45, 7) is 0. The number of fused-ring (bicyclic) bond motifs is 3. The Morgan fingerprint density at radius 1 is 1.26 bits per heavy atom. The summed E-state index contributed by atoms with van der Waals surface area (Å²) in [6, 6.07) is 8.12. The predicted octanol–water partition coefficient (Wildman–Crippen LogP) is 3.20. The van der Waals surface area contributed by atoms with Crippen LogP contribution in [-0.2, 0) is 5.41 Å². The highest BCUT2D eigenvalue weighted by Gasteiger charge is 2.55. The number of ketones is 1. The van der Waals surface area contributed by atoms with Crippen molar-refractivity contribution in [3.63, 3.8) is 0 Å². The number of hydrogen-bond donors (Lipinski definition) is 1. The van der Waals surface area contributed by atoms with Crippen molar-refractivity contribution in [1.29, 1.82) is 0 Å². The molecule has 0 radical (unpaired) electrons. The van der Waals surface area contributed by atoms with Crippen LogP contribution in [0.15, 0.2) is 36.8 Å². The zero-order valence-corrected chi connectivity index (χ0v) is 10.7. The molecule has 2 aliphatic carbocycles. The van der Waals surface area contributed by atoms with Gasteiger partial charge in [-0.3, -0.25) is 4.79 Å². The second kappa shape index (κ2) is 3.80. The van der Waals surface area contributed by atoms with Gasteiger partial charge in [0.25, 0.3) is 0 Å². The molecule has 3 nitrogen and oxygen atoms in total. The molecule has 2 aliphatic rings. The Balaban J connectivity index is 1.97. The third kappa shape index (κ3) is 1.28. The molecule has 2 unspecified atom stereocenters. The number of H-pyrrole nitrogens is 1. The molecule has 0 spiro atoms. The van der Waals surface area contributed by atoms with Crippen LogP contribution in [-0.4, -0.2) is 15.8 Å². The molecule has 1 fully saturated rings. The highest BCUT2D eigenvalue weighted by atomic mass is 16.1. The molecule has 0 bridgehead atoms. The van der Waals surface area contributed by atoms with Crippen molar-refractivity contribution in [3.8, 4) is 0 Å². The molecule has 0 amide bonds. The maximum Gasteiger partial charge on any atom is 0.175 e. The smallest absolute Gasteiger partial charge is 0.175 e. The van der Waals surface area contributed by atoms with Crippen LogP contribution in [0.1, 0.15) is 53.2 Å². The lowest BCUT2D eigenvalue weighted by atomic mass is 9.64. The van der Waals surface area contributed by atoms with Gasteiger partial charge < -0.3 is 4.98 Å². The lowest BCUT2D eigenvalue weighted by Gasteiger charge is -2.37. The standard InChI is InChI=1S/C16H16N2O/c19-15-12-6-2-1-5-11(12)13-7-3-4-8-16(13,15)14-9-17-10-18-14/h1-2,5-6,9-10,13H,3-4,7-8H2,(H,17,18). The maximum absolute atomic E-state index is 13.0. The van der Waals surface area contributed by atoms with E-state index in [9.17, 15) is 4.79 Å². The van der Waals surface area contributed by atoms with Crippen molar-refractivity contribution in [1.82, 2.24) is 9.97 Å². The number of nitrogens with zero attached hydrogens (tertiary/aromatic N) is 1. The highest BCUT2D eigenvalue weighted by molar-refractivity contribution is 6.09. The van der Waals surface area contributed by atoms with Crippen LogP contribution in [0.3, 0.4) is 0 Å². The maximum atomic E-state index is 13.0. The summed E-state index contributed by atoms with van der Waals surface area (Å²) >= 11 is 0. The summed E-state index contributed by atoms with van der Waals surface area (Å²) < 4.78 is 0. The lowest BCUT2D eigenvalue weighted by molar-refractivity contribution is 0.0840. The molecule has 4 rings (SSSR count). The zero-order chi connectivity index (χ0) is 12.9. The van der Waals surface area contributed by atoms with Gasteiger partial charge in [-0.25, -0.2) is 4.98 Å². The van der Waals surface area contributed by atoms with Gasteiger partial charge in [-0.2, -0.15) is 0 Å². The molecule has 0 aliphatic heterocycles. The van der Waals surface area contributed by atoms with Gasteiger partial charge in [-0.15, -0.1) is 0 Å². The average molecular weight is 252 g/mol. The largest absolute Gasteiger partial charge is 0.348 e. The normalized spacial score (nSPS) is 29.1. The SMILES string of the molecule is O=C1c2ccccc2C2CCCCC12c1cnc[nH]1. The first-order valence-corrected chi connectivity index (χ1v) is 6.96. The van der Waals surface area contributed by atoms with Crippen molar-refractivity contribution in [2.24, 2.45) is 0 Å². The fourth-order valence-corrected chi connectivity index (χ4v) is 4.06. The monoisotopic (exact) mass is 252 g/mol. The molecule has 3 heteroatoms. The van der Waals surface area contributed by atoms with E-state index >= 15 is 0 Å². The number of hydrogen-bond acceptors (Lipinski definition) is 2. The number of aromatic amines is 1. The minimum atomic E-state index is -0.377. The van der Waals surface area contributed by atoms with Gasteiger partial charge in [0.1, 0.15) is 0 Å². The molecule has 1 aromatic heterocycles. The third-order valence-corrected chi connectivity index (χ3v) is 4.87. The van der Waals surface area contributed by atoms with Crippen LogP contribution in [0.2, 0.25) is 0 Å². The molecule has 1 N–H and O–H groups in total. The number of carbonyl (C=O) groups excluding carboxylic acids is 1. The summed E-state index contributed by atoms with van der Waals surface area (Å²) in [5, 5.41) is 0. The average Bonchev–Trinajstić information content (AvgIpc) is 3.07. The predicted molar refractivity (Wildman–Crippen MR) is 72.2 cm³/mol. The summed E-state index contributed by atoms with van der Waals surface area (Å²) in [4.78, 5) is 20.3. The van der Waals surface area contributed by atoms with E-state index in [2.05, 4.69) is 16.0 Å². The molecular formula is C16H16N2O. The molecule has 1 aromatic carbocycles. The lowest BCUT2D eigenvalue weighted by Crippen LogP contribution is -2.39. The minimum Gasteiger partial charge on any atom is -0.348 e. The fourth-order valence-electron chi connectivity index (χ4n) is 4.06. The molecular weight excluding hydrogens is 236 g/mol. The zero-order valence-electron chi connectivity index (χ0n) is 10.7. The number of aromatic nitrogens is 2. The van der Waals surface area contributed by atoms with Crippen molar-refractivity contribution < 1.29 is 4.79 Å². The summed E-state index contributed by atoms with van der Waals surface area (Å²) in [7, 11) is 0. The number of benzene rings is 1. The molecule has 1 heterocycles. The number of imidazole rings is 1. The van der Waals surface area contributed by atoms with E-state index in [1.165, 1.54) is 12.0 Å². The minimum absolute atomic E-state index is 0.289. The molecule has 0 saturated heterocycles. The number of rotatable bonds is 1. The first-order valence-electron chi connectivity index (χ1n) is 6.96. The number of Topliss-reactive ketones (excluding diaryl/α,β-unsaturated/α-hetero) is 1. The van der Waals surface area contributed by atoms with Crippen molar-refractivity contribution >= 4 is 5.78 Å². The van der Waals surface area contributed by atoms with E-state index in [0.717, 1.165) is 30.5 Å². The number of carbonyl (C=O) groups is 1. The van der Waals surface area contributed by atoms with Crippen molar-refractivity contribution in [2.75, 3.05) is 0 Å². The molecule has 2 aromatic rings. The summed E-state index contributed by atoms with van der Waals surface area (Å²) in [6.07, 6.45) is 7.89. The van der Waals surface area contributed by atoms with E-state index in [1.54, 1.807) is 6.33 Å². The quantitative estimate of drug-likeness (QED) is 0.847. The fraction of sp³-hybridized carbons (Fsp3) is 0.375. The van der Waals surface area contributed by atoms with Gasteiger partial charge in [0.15, 0.2) is 5.78 Å². The van der Waals surface area contributed by atoms with Crippen molar-refractivity contribution in [3.05, 3.63) is 53.6 Å². The second-order valence-electron chi connectivity index (χ2n) is 5.65. The Morgan fingerprint density at radius 3 is 3.00 bits per heavy atom. The van der Waals surface area contributed by atoms with Gasteiger partial charge in [0.05, 0.1) is 11.7 Å². The van der Waals surface area contributed by atoms with Crippen LogP contribution in [0.4, 0.5) is 0 Å². The van der Waals surface area contributed by atoms with Gasteiger partial charge >= 0.3 is 0 Å². The summed E-state index contributed by atoms with van der Waals surface area (Å²) in [5.74, 6) is 0.613. The Kier molecular flexibility index (Phi) is 2.19. The second-order valence-corrected chi connectivity index (χ2v) is 5.65. The Hall–Kier alpha value is -1.90. The van der Waals surface area contributed by atoms with Crippen LogP contribution in [0.25, 0.3) is 0 Å². The molecule has 2 atom stereocenters. The molecule has 1 saturated carbocycles. The van der Waals surface area contributed by atoms with E-state index in [0.29, 0.717) is 5.92 Å². The number of nitrogens with one attached hydrogen (secondary N) is 1. The van der Waals surface area contributed by atoms with Gasteiger partial charge in [-0.05, 0) is 18.4 Å². The van der Waals surface area contributed by atoms with Crippen LogP contribution >= 0.6 is 0 Å². The Bertz CT molecular complexity index is 632. The van der Waals surface area contributed by atoms with Crippen LogP contribution in [0.5, 0.6) is 0 Å². The van der Waals surface area contributed by atoms with E-state index < -0.39 is 0 Å². The van der Waals surface area contributed by atoms with Gasteiger partial charge in [0, 0.05) is 23.4 Å². The van der Waals surface area contributed by atoms with Crippen molar-refractivity contribution in [2.45, 2.75) is 37.0 Å². The van der Waals surface area contributed by atoms with Crippen LogP contribution in [0, 0.1) is 0 Å². The third-order valence-electron chi connectivity index (χ3n) is 4.87. The van der Waals surface area contributed by atoms with Gasteiger partial charge in [-0.1, -0.05) is 37.1 Å². The summed E-state index contributed by atoms with van der Waals surface area (Å²) in [5.41, 5.74) is 2.78. The first kappa shape index (κ1) is 11.0. The Labute approximate surface area is 112 Å². The molecule has 96 valence electrons. The molecule has 19 heavy (non-hydrogen) atoms. The van der Waals surface area contributed by atoms with E-state index in [1.807, 2.05) is 24.4 Å². The van der Waals surface area contributed by atoms with E-state index in [4.69, 9.17) is 0 Å². The topological polar surface area (TPSA) is 45.8 Å².